The topological polar surface area (TPSA) is 86.3 Å². The van der Waals surface area contributed by atoms with Crippen molar-refractivity contribution in [2.45, 2.75) is 25.9 Å². The third-order valence-electron chi connectivity index (χ3n) is 4.21. The van der Waals surface area contributed by atoms with Gasteiger partial charge in [0, 0.05) is 24.5 Å². The molecule has 24 heavy (non-hydrogen) atoms. The highest BCUT2D eigenvalue weighted by Gasteiger charge is 2.32. The van der Waals surface area contributed by atoms with E-state index in [4.69, 9.17) is 10.5 Å². The number of nitrogens with one attached hydrogen (secondary N) is 1. The lowest BCUT2D eigenvalue weighted by atomic mass is 10.1. The molecule has 0 saturated heterocycles. The van der Waals surface area contributed by atoms with E-state index >= 15 is 0 Å². The number of hydrogen-bond donors (Lipinski definition) is 2. The number of nitrogens with zero attached hydrogens (tertiary/aromatic N) is 1. The first-order valence-electron chi connectivity index (χ1n) is 7.58. The molecule has 3 N–H and O–H groups in total. The standard InChI is InChI=1S/C17H18FN3O3/c1-9-7-10(3-5-13(9)18)20-16(22)15-11-4-6-14(24-17(19)23)12(11)8-21(15)2/h3,5,7-8,14H,4,6H2,1-2H3,(H2,19,23)(H,20,22). The summed E-state index contributed by atoms with van der Waals surface area (Å²) in [6.07, 6.45) is 1.76. The van der Waals surface area contributed by atoms with Crippen molar-refractivity contribution in [2.75, 3.05) is 5.32 Å². The Balaban J connectivity index is 1.86. The second-order valence-electron chi connectivity index (χ2n) is 5.90. The summed E-state index contributed by atoms with van der Waals surface area (Å²) in [5, 5.41) is 2.78. The second kappa shape index (κ2) is 5.99. The van der Waals surface area contributed by atoms with Gasteiger partial charge in [-0.05, 0) is 49.1 Å². The maximum atomic E-state index is 13.3. The number of primary amides is 1. The third-order valence-corrected chi connectivity index (χ3v) is 4.21. The molecule has 0 aliphatic heterocycles. The molecule has 0 bridgehead atoms. The maximum absolute atomic E-state index is 13.3. The average Bonchev–Trinajstić information content (AvgIpc) is 3.01. The van der Waals surface area contributed by atoms with Crippen LogP contribution in [0.1, 0.15) is 39.7 Å². The van der Waals surface area contributed by atoms with Crippen LogP contribution in [0.25, 0.3) is 0 Å². The van der Waals surface area contributed by atoms with E-state index in [1.165, 1.54) is 12.1 Å². The summed E-state index contributed by atoms with van der Waals surface area (Å²) in [4.78, 5) is 23.6. The molecule has 1 aromatic carbocycles. The first kappa shape index (κ1) is 16.0. The predicted octanol–water partition coefficient (Wildman–Crippen LogP) is 2.81. The number of ether oxygens (including phenoxy) is 1. The first-order valence-corrected chi connectivity index (χ1v) is 7.58. The lowest BCUT2D eigenvalue weighted by Gasteiger charge is -2.10. The number of halogens is 1. The number of carbonyl (C=O) groups excluding carboxylic acids is 2. The first-order chi connectivity index (χ1) is 11.4. The zero-order valence-electron chi connectivity index (χ0n) is 13.4. The lowest BCUT2D eigenvalue weighted by Crippen LogP contribution is -2.17. The molecule has 1 atom stereocenters. The van der Waals surface area contributed by atoms with E-state index in [2.05, 4.69) is 5.32 Å². The molecule has 1 aromatic heterocycles. The summed E-state index contributed by atoms with van der Waals surface area (Å²) in [7, 11) is 1.75. The van der Waals surface area contributed by atoms with Crippen LogP contribution < -0.4 is 11.1 Å². The molecule has 0 fully saturated rings. The minimum atomic E-state index is -0.829. The number of anilines is 1. The lowest BCUT2D eigenvalue weighted by molar-refractivity contribution is 0.101. The highest BCUT2D eigenvalue weighted by molar-refractivity contribution is 6.04. The van der Waals surface area contributed by atoms with Crippen molar-refractivity contribution < 1.29 is 18.7 Å². The molecular weight excluding hydrogens is 313 g/mol. The summed E-state index contributed by atoms with van der Waals surface area (Å²) in [5.41, 5.74) is 8.22. The quantitative estimate of drug-likeness (QED) is 0.907. The van der Waals surface area contributed by atoms with Crippen molar-refractivity contribution in [3.8, 4) is 0 Å². The highest BCUT2D eigenvalue weighted by Crippen LogP contribution is 2.37. The molecule has 0 saturated carbocycles. The molecule has 126 valence electrons. The number of hydrogen-bond acceptors (Lipinski definition) is 3. The van der Waals surface area contributed by atoms with E-state index in [1.54, 1.807) is 30.8 Å². The van der Waals surface area contributed by atoms with Crippen molar-refractivity contribution >= 4 is 17.7 Å². The normalized spacial score (nSPS) is 15.9. The van der Waals surface area contributed by atoms with Crippen LogP contribution in [0.3, 0.4) is 0 Å². The molecule has 1 heterocycles. The summed E-state index contributed by atoms with van der Waals surface area (Å²) < 4.78 is 20.1. The number of fused-ring (bicyclic) bond motifs is 1. The van der Waals surface area contributed by atoms with Crippen molar-refractivity contribution in [1.82, 2.24) is 4.57 Å². The molecule has 0 radical (unpaired) electrons. The van der Waals surface area contributed by atoms with Crippen molar-refractivity contribution in [1.29, 1.82) is 0 Å². The van der Waals surface area contributed by atoms with E-state index in [-0.39, 0.29) is 11.7 Å². The molecule has 7 heteroatoms. The van der Waals surface area contributed by atoms with Crippen LogP contribution in [0.4, 0.5) is 14.9 Å². The van der Waals surface area contributed by atoms with Crippen LogP contribution in [-0.4, -0.2) is 16.6 Å². The van der Waals surface area contributed by atoms with Crippen LogP contribution in [0.5, 0.6) is 0 Å². The Kier molecular flexibility index (Phi) is 4.01. The van der Waals surface area contributed by atoms with Gasteiger partial charge in [-0.2, -0.15) is 0 Å². The van der Waals surface area contributed by atoms with E-state index in [0.29, 0.717) is 29.8 Å². The summed E-state index contributed by atoms with van der Waals surface area (Å²) in [6.45, 7) is 1.64. The van der Waals surface area contributed by atoms with Crippen molar-refractivity contribution in [2.24, 2.45) is 12.8 Å². The van der Waals surface area contributed by atoms with Crippen LogP contribution >= 0.6 is 0 Å². The Morgan fingerprint density at radius 1 is 1.42 bits per heavy atom. The zero-order chi connectivity index (χ0) is 17.4. The molecule has 1 aliphatic rings. The van der Waals surface area contributed by atoms with Gasteiger partial charge < -0.3 is 20.4 Å². The van der Waals surface area contributed by atoms with Gasteiger partial charge in [0.15, 0.2) is 0 Å². The van der Waals surface area contributed by atoms with Gasteiger partial charge in [0.2, 0.25) is 0 Å². The van der Waals surface area contributed by atoms with Gasteiger partial charge in [0.25, 0.3) is 5.91 Å². The highest BCUT2D eigenvalue weighted by atomic mass is 19.1. The zero-order valence-corrected chi connectivity index (χ0v) is 13.4. The van der Waals surface area contributed by atoms with Gasteiger partial charge in [0.1, 0.15) is 17.6 Å². The monoisotopic (exact) mass is 331 g/mol. The van der Waals surface area contributed by atoms with Gasteiger partial charge in [-0.1, -0.05) is 0 Å². The van der Waals surface area contributed by atoms with Gasteiger partial charge in [-0.3, -0.25) is 4.79 Å². The fourth-order valence-electron chi connectivity index (χ4n) is 3.14. The minimum Gasteiger partial charge on any atom is -0.441 e. The number of benzene rings is 1. The molecule has 1 aliphatic carbocycles. The molecule has 2 aromatic rings. The Morgan fingerprint density at radius 2 is 2.17 bits per heavy atom. The van der Waals surface area contributed by atoms with Crippen LogP contribution in [0.15, 0.2) is 24.4 Å². The maximum Gasteiger partial charge on any atom is 0.405 e. The molecule has 1 unspecified atom stereocenters. The second-order valence-corrected chi connectivity index (χ2v) is 5.90. The number of rotatable bonds is 3. The SMILES string of the molecule is Cc1cc(NC(=O)c2c3c(cn2C)C(OC(N)=O)CC3)ccc1F. The van der Waals surface area contributed by atoms with Crippen LogP contribution in [-0.2, 0) is 18.2 Å². The minimum absolute atomic E-state index is 0.288. The third kappa shape index (κ3) is 2.84. The predicted molar refractivity (Wildman–Crippen MR) is 86.2 cm³/mol. The molecule has 2 amide bonds. The fraction of sp³-hybridized carbons (Fsp3) is 0.294. The largest absolute Gasteiger partial charge is 0.441 e. The Hall–Kier alpha value is -2.83. The average molecular weight is 331 g/mol. The Labute approximate surface area is 138 Å². The summed E-state index contributed by atoms with van der Waals surface area (Å²) in [6, 6.07) is 4.41. The molecule has 6 nitrogen and oxygen atoms in total. The number of carbonyl (C=O) groups is 2. The van der Waals surface area contributed by atoms with E-state index in [9.17, 15) is 14.0 Å². The van der Waals surface area contributed by atoms with Crippen molar-refractivity contribution in [3.05, 3.63) is 52.6 Å². The smallest absolute Gasteiger partial charge is 0.405 e. The molecular formula is C17H18FN3O3. The Morgan fingerprint density at radius 3 is 2.83 bits per heavy atom. The summed E-state index contributed by atoms with van der Waals surface area (Å²) >= 11 is 0. The van der Waals surface area contributed by atoms with E-state index in [0.717, 1.165) is 11.1 Å². The van der Waals surface area contributed by atoms with E-state index in [1.807, 2.05) is 0 Å². The molecule has 3 rings (SSSR count). The number of amides is 2. The van der Waals surface area contributed by atoms with Gasteiger partial charge >= 0.3 is 6.09 Å². The number of nitrogens with two attached hydrogens (primary N) is 1. The molecule has 0 spiro atoms. The van der Waals surface area contributed by atoms with Gasteiger partial charge in [-0.25, -0.2) is 9.18 Å². The Bertz CT molecular complexity index is 829. The number of aryl methyl sites for hydroxylation is 2. The van der Waals surface area contributed by atoms with Crippen LogP contribution in [0, 0.1) is 12.7 Å². The fourth-order valence-corrected chi connectivity index (χ4v) is 3.14. The number of aromatic nitrogens is 1. The summed E-state index contributed by atoms with van der Waals surface area (Å²) in [5.74, 6) is -0.608. The van der Waals surface area contributed by atoms with Crippen molar-refractivity contribution in [3.63, 3.8) is 0 Å². The van der Waals surface area contributed by atoms with E-state index < -0.39 is 12.2 Å². The van der Waals surface area contributed by atoms with Gasteiger partial charge in [-0.15, -0.1) is 0 Å². The van der Waals surface area contributed by atoms with Crippen LogP contribution in [0.2, 0.25) is 0 Å². The van der Waals surface area contributed by atoms with Gasteiger partial charge in [0.05, 0.1) is 0 Å².